The van der Waals surface area contributed by atoms with Gasteiger partial charge < -0.3 is 10.1 Å². The van der Waals surface area contributed by atoms with E-state index in [1.54, 1.807) is 0 Å². The highest BCUT2D eigenvalue weighted by molar-refractivity contribution is 5.71. The molecule has 34 heavy (non-hydrogen) atoms. The number of amides is 1. The number of hydrogen-bond acceptors (Lipinski definition) is 2. The van der Waals surface area contributed by atoms with Crippen LogP contribution in [0, 0.1) is 10.8 Å². The van der Waals surface area contributed by atoms with Crippen molar-refractivity contribution in [2.45, 2.75) is 137 Å². The predicted molar refractivity (Wildman–Crippen MR) is 146 cm³/mol. The molecule has 2 rings (SSSR count). The van der Waals surface area contributed by atoms with Crippen molar-refractivity contribution < 1.29 is 9.53 Å². The van der Waals surface area contributed by atoms with E-state index in [0.29, 0.717) is 12.0 Å². The number of unbranched alkanes of at least 4 members (excludes halogenated alkanes) is 8. The van der Waals surface area contributed by atoms with Crippen LogP contribution in [0.1, 0.15) is 136 Å². The van der Waals surface area contributed by atoms with Crippen LogP contribution in [0.2, 0.25) is 0 Å². The highest BCUT2D eigenvalue weighted by Gasteiger charge is 2.36. The molecule has 194 valence electrons. The fourth-order valence-corrected chi connectivity index (χ4v) is 5.83. The molecule has 0 saturated heterocycles. The van der Waals surface area contributed by atoms with Crippen LogP contribution in [0.5, 0.6) is 5.75 Å². The van der Waals surface area contributed by atoms with E-state index in [-0.39, 0.29) is 11.5 Å². The molecule has 0 aliphatic heterocycles. The molecular weight excluding hydrogens is 418 g/mol. The number of rotatable bonds is 15. The smallest absolute Gasteiger partial charge is 0.410 e. The van der Waals surface area contributed by atoms with Crippen LogP contribution in [-0.2, 0) is 12.8 Å². The Morgan fingerprint density at radius 1 is 0.882 bits per heavy atom. The van der Waals surface area contributed by atoms with Crippen molar-refractivity contribution in [3.63, 3.8) is 0 Å². The first-order valence-electron chi connectivity index (χ1n) is 14.3. The first-order chi connectivity index (χ1) is 16.3. The van der Waals surface area contributed by atoms with Gasteiger partial charge in [-0.1, -0.05) is 105 Å². The Labute approximate surface area is 210 Å². The molecule has 0 bridgehead atoms. The molecule has 1 fully saturated rings. The highest BCUT2D eigenvalue weighted by atomic mass is 16.6. The van der Waals surface area contributed by atoms with E-state index < -0.39 is 0 Å². The lowest BCUT2D eigenvalue weighted by Crippen LogP contribution is -2.41. The third-order valence-electron chi connectivity index (χ3n) is 7.64. The van der Waals surface area contributed by atoms with Gasteiger partial charge in [0.15, 0.2) is 0 Å². The van der Waals surface area contributed by atoms with Crippen LogP contribution >= 0.6 is 0 Å². The molecule has 1 aromatic rings. The minimum Gasteiger partial charge on any atom is -0.410 e. The third-order valence-corrected chi connectivity index (χ3v) is 7.64. The molecule has 1 aliphatic rings. The molecule has 1 aromatic carbocycles. The van der Waals surface area contributed by atoms with E-state index in [0.717, 1.165) is 31.4 Å². The Kier molecular flexibility index (Phi) is 12.5. The number of carbonyl (C=O) groups is 1. The van der Waals surface area contributed by atoms with E-state index in [1.165, 1.54) is 88.2 Å². The number of hydrogen-bond donors (Lipinski definition) is 1. The van der Waals surface area contributed by atoms with Gasteiger partial charge in [0, 0.05) is 6.54 Å². The molecule has 3 nitrogen and oxygen atoms in total. The lowest BCUT2D eigenvalue weighted by molar-refractivity contribution is 0.0969. The average Bonchev–Trinajstić information content (AvgIpc) is 2.78. The molecule has 1 amide bonds. The number of ether oxygens (including phenoxy) is 1. The minimum atomic E-state index is -0.302. The van der Waals surface area contributed by atoms with Crippen molar-refractivity contribution in [1.82, 2.24) is 5.32 Å². The van der Waals surface area contributed by atoms with Crippen molar-refractivity contribution in [2.24, 2.45) is 10.8 Å². The Balaban J connectivity index is 1.94. The minimum absolute atomic E-state index is 0.157. The summed E-state index contributed by atoms with van der Waals surface area (Å²) in [5.41, 5.74) is 3.09. The Bertz CT molecular complexity index is 726. The summed E-state index contributed by atoms with van der Waals surface area (Å²) in [5, 5.41) is 3.10. The van der Waals surface area contributed by atoms with Gasteiger partial charge in [-0.15, -0.1) is 0 Å². The highest BCUT2D eigenvalue weighted by Crippen LogP contribution is 2.45. The fraction of sp³-hybridized carbons (Fsp3) is 0.774. The summed E-state index contributed by atoms with van der Waals surface area (Å²) in [4.78, 5) is 12.8. The topological polar surface area (TPSA) is 38.3 Å². The second-order valence-corrected chi connectivity index (χ2v) is 12.0. The average molecular weight is 472 g/mol. The van der Waals surface area contributed by atoms with Crippen LogP contribution in [0.3, 0.4) is 0 Å². The van der Waals surface area contributed by atoms with Gasteiger partial charge in [-0.25, -0.2) is 4.79 Å². The molecule has 1 aliphatic carbocycles. The first kappa shape index (κ1) is 28.7. The van der Waals surface area contributed by atoms with Gasteiger partial charge in [0.1, 0.15) is 5.75 Å². The maximum Gasteiger partial charge on any atom is 0.412 e. The Morgan fingerprint density at radius 2 is 1.53 bits per heavy atom. The number of aryl methyl sites for hydroxylation is 2. The summed E-state index contributed by atoms with van der Waals surface area (Å²) in [5.74, 6) is 0.747. The number of nitrogens with one attached hydrogen (secondary N) is 1. The van der Waals surface area contributed by atoms with Gasteiger partial charge >= 0.3 is 6.09 Å². The lowest BCUT2D eigenvalue weighted by atomic mass is 9.64. The second kappa shape index (κ2) is 14.8. The van der Waals surface area contributed by atoms with Crippen LogP contribution in [-0.4, -0.2) is 12.6 Å². The van der Waals surface area contributed by atoms with E-state index in [1.807, 2.05) is 6.07 Å². The molecule has 0 heterocycles. The first-order valence-corrected chi connectivity index (χ1v) is 14.3. The SMILES string of the molecule is CCCCCCCc1ccc(OC(=O)NCC2(C)CCCC(C)(C)C2)c(CCCCCCC)c1. The van der Waals surface area contributed by atoms with Gasteiger partial charge in [0.05, 0.1) is 0 Å². The largest absolute Gasteiger partial charge is 0.412 e. The zero-order chi connectivity index (χ0) is 24.9. The normalized spacial score (nSPS) is 19.7. The second-order valence-electron chi connectivity index (χ2n) is 12.0. The Hall–Kier alpha value is -1.51. The molecule has 3 heteroatoms. The molecule has 0 aromatic heterocycles. The summed E-state index contributed by atoms with van der Waals surface area (Å²) in [6.45, 7) is 12.2. The molecule has 0 radical (unpaired) electrons. The molecule has 0 spiro atoms. The van der Waals surface area contributed by atoms with Gasteiger partial charge in [0.2, 0.25) is 0 Å². The van der Waals surface area contributed by atoms with E-state index in [2.05, 4.69) is 52.1 Å². The van der Waals surface area contributed by atoms with Crippen LogP contribution in [0.4, 0.5) is 4.79 Å². The van der Waals surface area contributed by atoms with Gasteiger partial charge in [-0.3, -0.25) is 0 Å². The van der Waals surface area contributed by atoms with Crippen molar-refractivity contribution in [1.29, 1.82) is 0 Å². The van der Waals surface area contributed by atoms with E-state index >= 15 is 0 Å². The van der Waals surface area contributed by atoms with Crippen LogP contribution < -0.4 is 10.1 Å². The monoisotopic (exact) mass is 471 g/mol. The molecule has 1 atom stereocenters. The fourth-order valence-electron chi connectivity index (χ4n) is 5.83. The van der Waals surface area contributed by atoms with Crippen LogP contribution in [0.15, 0.2) is 18.2 Å². The maximum atomic E-state index is 12.8. The number of carbonyl (C=O) groups excluding carboxylic acids is 1. The lowest BCUT2D eigenvalue weighted by Gasteiger charge is -2.42. The van der Waals surface area contributed by atoms with Crippen molar-refractivity contribution >= 4 is 6.09 Å². The van der Waals surface area contributed by atoms with Gasteiger partial charge in [-0.2, -0.15) is 0 Å². The van der Waals surface area contributed by atoms with Crippen LogP contribution in [0.25, 0.3) is 0 Å². The predicted octanol–water partition coefficient (Wildman–Crippen LogP) is 9.41. The van der Waals surface area contributed by atoms with Gasteiger partial charge in [0.25, 0.3) is 0 Å². The molecule has 1 unspecified atom stereocenters. The summed E-state index contributed by atoms with van der Waals surface area (Å²) in [6.07, 6.45) is 19.4. The Morgan fingerprint density at radius 3 is 2.18 bits per heavy atom. The van der Waals surface area contributed by atoms with Gasteiger partial charge in [-0.05, 0) is 73.0 Å². The summed E-state index contributed by atoms with van der Waals surface area (Å²) < 4.78 is 5.87. The number of benzene rings is 1. The zero-order valence-corrected chi connectivity index (χ0v) is 23.1. The molecule has 1 N–H and O–H groups in total. The molecule has 1 saturated carbocycles. The van der Waals surface area contributed by atoms with E-state index in [4.69, 9.17) is 4.74 Å². The van der Waals surface area contributed by atoms with Crippen molar-refractivity contribution in [3.8, 4) is 5.75 Å². The summed E-state index contributed by atoms with van der Waals surface area (Å²) in [7, 11) is 0. The quantitative estimate of drug-likeness (QED) is 0.259. The third kappa shape index (κ3) is 10.8. The van der Waals surface area contributed by atoms with E-state index in [9.17, 15) is 4.79 Å². The molecular formula is C31H53NO2. The standard InChI is InChI=1S/C31H53NO2/c1-6-8-10-12-14-17-26-19-20-28(27(23-26)18-15-13-11-9-7-2)34-29(33)32-25-31(5)22-16-21-30(3,4)24-31/h19-20,23H,6-18,21-22,24-25H2,1-5H3,(H,32,33). The maximum absolute atomic E-state index is 12.8. The van der Waals surface area contributed by atoms with Crippen molar-refractivity contribution in [2.75, 3.05) is 6.54 Å². The summed E-state index contributed by atoms with van der Waals surface area (Å²) in [6, 6.07) is 6.50. The zero-order valence-electron chi connectivity index (χ0n) is 23.1. The summed E-state index contributed by atoms with van der Waals surface area (Å²) >= 11 is 0. The van der Waals surface area contributed by atoms with Crippen molar-refractivity contribution in [3.05, 3.63) is 29.3 Å².